The molecule has 308 valence electrons. The van der Waals surface area contributed by atoms with E-state index >= 15 is 0 Å². The molecule has 6 aromatic rings. The van der Waals surface area contributed by atoms with Gasteiger partial charge in [-0.2, -0.15) is 0 Å². The van der Waals surface area contributed by atoms with E-state index in [1.54, 1.807) is 27.7 Å². The lowest BCUT2D eigenvalue weighted by molar-refractivity contribution is 0.0723. The molecule has 0 unspecified atom stereocenters. The molecule has 2 amide bonds. The van der Waals surface area contributed by atoms with E-state index in [4.69, 9.17) is 0 Å². The second kappa shape index (κ2) is 14.7. The number of rotatable bonds is 8. The molecule has 3 fully saturated rings. The number of aliphatic hydroxyl groups is 2. The van der Waals surface area contributed by atoms with Gasteiger partial charge in [0.05, 0.1) is 22.0 Å². The van der Waals surface area contributed by atoms with Crippen molar-refractivity contribution in [3.63, 3.8) is 0 Å². The third-order valence-corrected chi connectivity index (χ3v) is 12.1. The van der Waals surface area contributed by atoms with Crippen molar-refractivity contribution in [2.75, 3.05) is 13.1 Å². The Hall–Kier alpha value is -5.46. The average molecular weight is 797 g/mol. The van der Waals surface area contributed by atoms with Crippen LogP contribution in [-0.4, -0.2) is 74.8 Å². The van der Waals surface area contributed by atoms with E-state index in [2.05, 4.69) is 37.8 Å². The van der Waals surface area contributed by atoms with E-state index in [1.165, 1.54) is 12.0 Å². The zero-order chi connectivity index (χ0) is 42.0. The molecule has 2 saturated carbocycles. The molecule has 12 nitrogen and oxygen atoms in total. The molecule has 3 N–H and O–H groups in total. The van der Waals surface area contributed by atoms with E-state index in [1.807, 2.05) is 108 Å². The Balaban J connectivity index is 0.000000164. The molecule has 1 aliphatic heterocycles. The number of hydrogen-bond acceptors (Lipinski definition) is 8. The highest BCUT2D eigenvalue weighted by molar-refractivity contribution is 5.95. The molecule has 9 rings (SSSR count). The molecule has 3 aliphatic rings. The van der Waals surface area contributed by atoms with Gasteiger partial charge in [0.25, 0.3) is 11.8 Å². The molecule has 2 aromatic carbocycles. The summed E-state index contributed by atoms with van der Waals surface area (Å²) in [5.74, 6) is 1.84. The Morgan fingerprint density at radius 1 is 0.593 bits per heavy atom. The fraction of sp³-hybridized carbons (Fsp3) is 0.447. The quantitative estimate of drug-likeness (QED) is 0.146. The van der Waals surface area contributed by atoms with Crippen LogP contribution in [0.1, 0.15) is 148 Å². The van der Waals surface area contributed by atoms with Gasteiger partial charge in [0.1, 0.15) is 11.6 Å². The molecule has 4 aromatic heterocycles. The van der Waals surface area contributed by atoms with Gasteiger partial charge in [-0.3, -0.25) is 18.4 Å². The normalized spacial score (nSPS) is 17.3. The summed E-state index contributed by atoms with van der Waals surface area (Å²) in [5.41, 5.74) is 3.98. The van der Waals surface area contributed by atoms with Crippen LogP contribution < -0.4 is 5.32 Å². The molecule has 5 heterocycles. The van der Waals surface area contributed by atoms with Crippen LogP contribution in [0.25, 0.3) is 11.3 Å². The molecule has 0 atom stereocenters. The van der Waals surface area contributed by atoms with Crippen molar-refractivity contribution in [2.45, 2.75) is 121 Å². The second-order valence-corrected chi connectivity index (χ2v) is 18.8. The van der Waals surface area contributed by atoms with Crippen molar-refractivity contribution in [1.29, 1.82) is 0 Å². The lowest BCUT2D eigenvalue weighted by atomic mass is 9.93. The van der Waals surface area contributed by atoms with Crippen LogP contribution in [-0.2, 0) is 22.0 Å². The maximum atomic E-state index is 12.8. The largest absolute Gasteiger partial charge is 0.386 e. The molecular weight excluding hydrogens is 741 g/mol. The van der Waals surface area contributed by atoms with Crippen LogP contribution in [0.5, 0.6) is 0 Å². The first-order valence-electron chi connectivity index (χ1n) is 20.9. The minimum absolute atomic E-state index is 0.0726. The average Bonchev–Trinajstić information content (AvgIpc) is 4.10. The van der Waals surface area contributed by atoms with Crippen molar-refractivity contribution < 1.29 is 19.8 Å². The fourth-order valence-corrected chi connectivity index (χ4v) is 8.54. The van der Waals surface area contributed by atoms with E-state index < -0.39 is 11.2 Å². The van der Waals surface area contributed by atoms with E-state index in [0.717, 1.165) is 85.5 Å². The molecule has 0 radical (unpaired) electrons. The van der Waals surface area contributed by atoms with Gasteiger partial charge in [-0.25, -0.2) is 0 Å². The third kappa shape index (κ3) is 7.76. The minimum atomic E-state index is -0.994. The Morgan fingerprint density at radius 2 is 1.02 bits per heavy atom. The summed E-state index contributed by atoms with van der Waals surface area (Å²) in [6, 6.07) is 23.5. The molecule has 59 heavy (non-hydrogen) atoms. The molecule has 0 bridgehead atoms. The van der Waals surface area contributed by atoms with Gasteiger partial charge in [-0.05, 0) is 141 Å². The number of carbonyl (C=O) groups excluding carboxylic acids is 2. The highest BCUT2D eigenvalue weighted by Crippen LogP contribution is 2.54. The van der Waals surface area contributed by atoms with Crippen LogP contribution in [0.2, 0.25) is 0 Å². The topological polar surface area (TPSA) is 150 Å². The summed E-state index contributed by atoms with van der Waals surface area (Å²) in [6.07, 6.45) is 11.3. The Morgan fingerprint density at radius 3 is 1.41 bits per heavy atom. The first-order valence-corrected chi connectivity index (χ1v) is 20.9. The Bertz CT molecular complexity index is 2500. The van der Waals surface area contributed by atoms with Gasteiger partial charge in [0.2, 0.25) is 0 Å². The summed E-state index contributed by atoms with van der Waals surface area (Å²) in [4.78, 5) is 27.2. The molecule has 0 spiro atoms. The maximum absolute atomic E-state index is 12.8. The van der Waals surface area contributed by atoms with Crippen molar-refractivity contribution in [2.24, 2.45) is 0 Å². The van der Waals surface area contributed by atoms with Crippen molar-refractivity contribution in [3.05, 3.63) is 130 Å². The molecule has 12 heteroatoms. The summed E-state index contributed by atoms with van der Waals surface area (Å²) in [5, 5.41) is 41.8. The van der Waals surface area contributed by atoms with Crippen LogP contribution in [0.3, 0.4) is 0 Å². The number of aromatic nitrogens is 6. The second-order valence-electron chi connectivity index (χ2n) is 18.8. The van der Waals surface area contributed by atoms with Crippen molar-refractivity contribution >= 4 is 23.1 Å². The zero-order valence-corrected chi connectivity index (χ0v) is 35.3. The summed E-state index contributed by atoms with van der Waals surface area (Å²) in [6.45, 7) is 14.7. The summed E-state index contributed by atoms with van der Waals surface area (Å²) < 4.78 is 3.99. The van der Waals surface area contributed by atoms with E-state index in [9.17, 15) is 19.8 Å². The molecule has 2 aliphatic carbocycles. The first-order chi connectivity index (χ1) is 27.9. The highest BCUT2D eigenvalue weighted by atomic mass is 16.3. The number of piperidine rings is 1. The number of fused-ring (bicyclic) bond motifs is 2. The van der Waals surface area contributed by atoms with Crippen LogP contribution >= 0.6 is 0 Å². The van der Waals surface area contributed by atoms with E-state index in [-0.39, 0.29) is 28.2 Å². The van der Waals surface area contributed by atoms with Gasteiger partial charge in [-0.15, -0.1) is 20.4 Å². The molecular formula is C47H56N8O4. The lowest BCUT2D eigenvalue weighted by Crippen LogP contribution is -2.40. The minimum Gasteiger partial charge on any atom is -0.386 e. The smallest absolute Gasteiger partial charge is 0.253 e. The fourth-order valence-electron chi connectivity index (χ4n) is 8.54. The maximum Gasteiger partial charge on any atom is 0.253 e. The van der Waals surface area contributed by atoms with Crippen LogP contribution in [0.15, 0.2) is 85.2 Å². The monoisotopic (exact) mass is 796 g/mol. The van der Waals surface area contributed by atoms with Gasteiger partial charge in [0, 0.05) is 53.3 Å². The standard InChI is InChI=1S/C24H28N4O2.C23H28N4O2/c1-23(2,30)19-7-6-16-28-20(19)25-26-22(28)24(12-13-24)18-10-8-17(9-11-18)21(29)27-14-4-3-5-15-27;1-21(2,3)24-19(28)15-8-10-16(11-9-15)23(12-13-23)20-26-25-18-17(22(4,5)29)7-6-14-27(18)20/h6-11,16,30H,3-5,12-15H2,1-2H3;6-11,14,29H,12-13H2,1-5H3,(H,24,28). The number of benzene rings is 2. The van der Waals surface area contributed by atoms with Crippen LogP contribution in [0.4, 0.5) is 0 Å². The van der Waals surface area contributed by atoms with Gasteiger partial charge in [0.15, 0.2) is 11.3 Å². The van der Waals surface area contributed by atoms with Crippen molar-refractivity contribution in [1.82, 2.24) is 39.4 Å². The Kier molecular flexibility index (Phi) is 10.0. The first kappa shape index (κ1) is 40.3. The number of nitrogens with zero attached hydrogens (tertiary/aromatic N) is 7. The zero-order valence-electron chi connectivity index (χ0n) is 35.3. The number of pyridine rings is 2. The van der Waals surface area contributed by atoms with Gasteiger partial charge >= 0.3 is 0 Å². The number of carbonyl (C=O) groups is 2. The third-order valence-electron chi connectivity index (χ3n) is 12.1. The summed E-state index contributed by atoms with van der Waals surface area (Å²) in [7, 11) is 0. The van der Waals surface area contributed by atoms with E-state index in [0.29, 0.717) is 16.9 Å². The predicted molar refractivity (Wildman–Crippen MR) is 226 cm³/mol. The number of amides is 2. The predicted octanol–water partition coefficient (Wildman–Crippen LogP) is 7.23. The van der Waals surface area contributed by atoms with Crippen LogP contribution in [0, 0.1) is 0 Å². The van der Waals surface area contributed by atoms with Gasteiger partial charge in [-0.1, -0.05) is 36.4 Å². The summed E-state index contributed by atoms with van der Waals surface area (Å²) >= 11 is 0. The molecule has 1 saturated heterocycles. The lowest BCUT2D eigenvalue weighted by Gasteiger charge is -2.27. The Labute approximate surface area is 345 Å². The van der Waals surface area contributed by atoms with Crippen molar-refractivity contribution in [3.8, 4) is 0 Å². The number of hydrogen-bond donors (Lipinski definition) is 3. The SMILES string of the molecule is CC(C)(C)NC(=O)c1ccc(C2(c3nnc4c(C(C)(C)O)cccn34)CC2)cc1.CC(C)(O)c1cccn2c(C3(c4ccc(C(=O)N5CCCCC5)cc4)CC3)nnc12. The number of likely N-dealkylation sites (tertiary alicyclic amines) is 1. The van der Waals surface area contributed by atoms with Gasteiger partial charge < -0.3 is 20.4 Å². The number of nitrogens with one attached hydrogen (secondary N) is 1. The highest BCUT2D eigenvalue weighted by Gasteiger charge is 2.51.